The second-order valence-electron chi connectivity index (χ2n) is 2.41. The van der Waals surface area contributed by atoms with Gasteiger partial charge in [-0.2, -0.15) is 0 Å². The maximum Gasteiger partial charge on any atom is 0.229 e. The summed E-state index contributed by atoms with van der Waals surface area (Å²) in [6.45, 7) is 0.909. The normalized spacial score (nSPS) is 12.5. The topological polar surface area (TPSA) is 80.4 Å². The van der Waals surface area contributed by atoms with Crippen molar-refractivity contribution in [2.75, 3.05) is 6.54 Å². The Morgan fingerprint density at radius 3 is 2.64 bits per heavy atom. The number of hydrogen-bond donors (Lipinski definition) is 1. The van der Waals surface area contributed by atoms with E-state index in [-0.39, 0.29) is 18.6 Å². The number of aliphatic hydroxyl groups is 1. The van der Waals surface area contributed by atoms with Crippen molar-refractivity contribution in [3.05, 3.63) is 10.1 Å². The fourth-order valence-corrected chi connectivity index (χ4v) is 0.633. The van der Waals surface area contributed by atoms with Gasteiger partial charge in [-0.3, -0.25) is 10.1 Å². The maximum atomic E-state index is 10.4. The third kappa shape index (κ3) is 6.92. The molecule has 5 heteroatoms. The van der Waals surface area contributed by atoms with Gasteiger partial charge in [-0.05, 0) is 13.3 Å². The van der Waals surface area contributed by atoms with Gasteiger partial charge in [-0.25, -0.2) is 0 Å². The first-order chi connectivity index (χ1) is 5.02. The molecule has 1 unspecified atom stereocenters. The van der Waals surface area contributed by atoms with Gasteiger partial charge in [0.2, 0.25) is 6.54 Å². The maximum absolute atomic E-state index is 10.4. The number of carbonyl (C=O) groups excluding carboxylic acids is 1. The van der Waals surface area contributed by atoms with Gasteiger partial charge in [0.05, 0.1) is 0 Å². The first kappa shape index (κ1) is 10.0. The summed E-state index contributed by atoms with van der Waals surface area (Å²) in [7, 11) is 0. The van der Waals surface area contributed by atoms with Gasteiger partial charge in [0.1, 0.15) is 11.9 Å². The van der Waals surface area contributed by atoms with E-state index in [0.29, 0.717) is 0 Å². The molecule has 0 heterocycles. The standard InChI is InChI=1S/C6H11NO4/c1-5(8)2-3-6(9)4-7(10)11/h6,9H,2-4H2,1H3. The highest BCUT2D eigenvalue weighted by Gasteiger charge is 2.11. The van der Waals surface area contributed by atoms with Gasteiger partial charge in [0.15, 0.2) is 0 Å². The van der Waals surface area contributed by atoms with Crippen LogP contribution in [0.2, 0.25) is 0 Å². The second kappa shape index (κ2) is 4.79. The van der Waals surface area contributed by atoms with E-state index >= 15 is 0 Å². The second-order valence-corrected chi connectivity index (χ2v) is 2.41. The molecular formula is C6H11NO4. The third-order valence-electron chi connectivity index (χ3n) is 1.19. The minimum Gasteiger partial charge on any atom is -0.386 e. The molecule has 0 amide bonds. The average Bonchev–Trinajstić information content (AvgIpc) is 1.82. The largest absolute Gasteiger partial charge is 0.386 e. The summed E-state index contributed by atoms with van der Waals surface area (Å²) >= 11 is 0. The van der Waals surface area contributed by atoms with Crippen LogP contribution in [0, 0.1) is 10.1 Å². The fraction of sp³-hybridized carbons (Fsp3) is 0.833. The summed E-state index contributed by atoms with van der Waals surface area (Å²) in [4.78, 5) is 19.6. The van der Waals surface area contributed by atoms with Crippen LogP contribution in [0.4, 0.5) is 0 Å². The summed E-state index contributed by atoms with van der Waals surface area (Å²) in [5.41, 5.74) is 0. The molecule has 0 saturated heterocycles. The van der Waals surface area contributed by atoms with Crippen LogP contribution in [-0.2, 0) is 4.79 Å². The molecule has 1 N–H and O–H groups in total. The van der Waals surface area contributed by atoms with Crippen molar-refractivity contribution in [2.45, 2.75) is 25.9 Å². The Morgan fingerprint density at radius 2 is 2.27 bits per heavy atom. The summed E-state index contributed by atoms with van der Waals surface area (Å²) in [6.07, 6.45) is -0.611. The van der Waals surface area contributed by atoms with E-state index in [0.717, 1.165) is 0 Å². The lowest BCUT2D eigenvalue weighted by molar-refractivity contribution is -0.490. The number of nitro groups is 1. The molecule has 0 aliphatic rings. The Bertz CT molecular complexity index is 157. The minimum absolute atomic E-state index is 0.0626. The highest BCUT2D eigenvalue weighted by Crippen LogP contribution is 1.97. The molecular weight excluding hydrogens is 150 g/mol. The minimum atomic E-state index is -0.992. The summed E-state index contributed by atoms with van der Waals surface area (Å²) in [6, 6.07) is 0. The predicted octanol–water partition coefficient (Wildman–Crippen LogP) is -0.00680. The van der Waals surface area contributed by atoms with Gasteiger partial charge in [-0.15, -0.1) is 0 Å². The Balaban J connectivity index is 3.44. The summed E-state index contributed by atoms with van der Waals surface area (Å²) in [5.74, 6) is -0.0626. The van der Waals surface area contributed by atoms with Gasteiger partial charge in [0.25, 0.3) is 0 Å². The number of nitrogens with zero attached hydrogens (tertiary/aromatic N) is 1. The average molecular weight is 161 g/mol. The Kier molecular flexibility index (Phi) is 4.36. The molecule has 0 rings (SSSR count). The number of carbonyl (C=O) groups is 1. The van der Waals surface area contributed by atoms with Crippen LogP contribution in [0.1, 0.15) is 19.8 Å². The van der Waals surface area contributed by atoms with E-state index in [9.17, 15) is 14.9 Å². The van der Waals surface area contributed by atoms with Gasteiger partial charge in [-0.1, -0.05) is 0 Å². The van der Waals surface area contributed by atoms with Crippen LogP contribution in [0.25, 0.3) is 0 Å². The molecule has 0 fully saturated rings. The Morgan fingerprint density at radius 1 is 1.73 bits per heavy atom. The van der Waals surface area contributed by atoms with Crippen molar-refractivity contribution in [2.24, 2.45) is 0 Å². The first-order valence-corrected chi connectivity index (χ1v) is 3.31. The summed E-state index contributed by atoms with van der Waals surface area (Å²) < 4.78 is 0. The molecule has 64 valence electrons. The monoisotopic (exact) mass is 161 g/mol. The van der Waals surface area contributed by atoms with Crippen LogP contribution in [0.15, 0.2) is 0 Å². The number of hydrogen-bond acceptors (Lipinski definition) is 4. The van der Waals surface area contributed by atoms with Crippen LogP contribution in [0.5, 0.6) is 0 Å². The van der Waals surface area contributed by atoms with E-state index in [4.69, 9.17) is 5.11 Å². The Labute approximate surface area is 64.2 Å². The molecule has 0 aromatic rings. The van der Waals surface area contributed by atoms with E-state index in [1.54, 1.807) is 0 Å². The van der Waals surface area contributed by atoms with Crippen molar-refractivity contribution in [1.82, 2.24) is 0 Å². The summed E-state index contributed by atoms with van der Waals surface area (Å²) in [5, 5.41) is 18.7. The molecule has 11 heavy (non-hydrogen) atoms. The molecule has 0 bridgehead atoms. The molecule has 0 radical (unpaired) electrons. The van der Waals surface area contributed by atoms with Crippen molar-refractivity contribution < 1.29 is 14.8 Å². The molecule has 0 aliphatic carbocycles. The molecule has 0 saturated carbocycles. The SMILES string of the molecule is CC(=O)CCC(O)C[N+](=O)[O-]. The van der Waals surface area contributed by atoms with Gasteiger partial charge < -0.3 is 9.90 Å². The molecule has 5 nitrogen and oxygen atoms in total. The Hall–Kier alpha value is -0.970. The van der Waals surface area contributed by atoms with E-state index in [2.05, 4.69) is 0 Å². The fourth-order valence-electron chi connectivity index (χ4n) is 0.633. The van der Waals surface area contributed by atoms with E-state index in [1.165, 1.54) is 6.92 Å². The molecule has 0 aromatic heterocycles. The van der Waals surface area contributed by atoms with Crippen molar-refractivity contribution in [3.8, 4) is 0 Å². The van der Waals surface area contributed by atoms with Crippen LogP contribution < -0.4 is 0 Å². The zero-order valence-electron chi connectivity index (χ0n) is 6.32. The molecule has 0 aromatic carbocycles. The van der Waals surface area contributed by atoms with Gasteiger partial charge in [0, 0.05) is 11.3 Å². The highest BCUT2D eigenvalue weighted by molar-refractivity contribution is 5.75. The lowest BCUT2D eigenvalue weighted by atomic mass is 10.1. The quantitative estimate of drug-likeness (QED) is 0.454. The predicted molar refractivity (Wildman–Crippen MR) is 37.8 cm³/mol. The van der Waals surface area contributed by atoms with E-state index in [1.807, 2.05) is 0 Å². The highest BCUT2D eigenvalue weighted by atomic mass is 16.6. The molecule has 0 aliphatic heterocycles. The first-order valence-electron chi connectivity index (χ1n) is 3.31. The number of Topliss-reactive ketones (excluding diaryl/α,β-unsaturated/α-hetero) is 1. The number of ketones is 1. The van der Waals surface area contributed by atoms with E-state index < -0.39 is 17.6 Å². The van der Waals surface area contributed by atoms with Crippen molar-refractivity contribution >= 4 is 5.78 Å². The van der Waals surface area contributed by atoms with Crippen LogP contribution in [-0.4, -0.2) is 28.5 Å². The number of rotatable bonds is 5. The smallest absolute Gasteiger partial charge is 0.229 e. The number of aliphatic hydroxyl groups excluding tert-OH is 1. The van der Waals surface area contributed by atoms with Crippen LogP contribution in [0.3, 0.4) is 0 Å². The molecule has 1 atom stereocenters. The van der Waals surface area contributed by atoms with Gasteiger partial charge >= 0.3 is 0 Å². The zero-order valence-corrected chi connectivity index (χ0v) is 6.32. The lowest BCUT2D eigenvalue weighted by Crippen LogP contribution is -2.19. The lowest BCUT2D eigenvalue weighted by Gasteiger charge is -2.02. The third-order valence-corrected chi connectivity index (χ3v) is 1.19. The zero-order chi connectivity index (χ0) is 8.85. The van der Waals surface area contributed by atoms with Crippen LogP contribution >= 0.6 is 0 Å². The molecule has 0 spiro atoms. The van der Waals surface area contributed by atoms with Crippen molar-refractivity contribution in [3.63, 3.8) is 0 Å². The van der Waals surface area contributed by atoms with Crippen molar-refractivity contribution in [1.29, 1.82) is 0 Å².